The Morgan fingerprint density at radius 3 is 2.40 bits per heavy atom. The van der Waals surface area contributed by atoms with Crippen LogP contribution >= 0.6 is 11.6 Å². The summed E-state index contributed by atoms with van der Waals surface area (Å²) in [6.07, 6.45) is 0. The standard InChI is InChI=1S/C8H11ClN2O3S/c1-11(2)15(13,14)6-4-3-5(9)7(10)8(6)12/h3-4,12H,10H2,1-2H3. The van der Waals surface area contributed by atoms with Crippen molar-refractivity contribution in [3.8, 4) is 5.75 Å². The molecule has 0 bridgehead atoms. The van der Waals surface area contributed by atoms with Crippen LogP contribution in [0, 0.1) is 0 Å². The van der Waals surface area contributed by atoms with Gasteiger partial charge in [-0.15, -0.1) is 0 Å². The number of sulfonamides is 1. The summed E-state index contributed by atoms with van der Waals surface area (Å²) in [4.78, 5) is -0.255. The van der Waals surface area contributed by atoms with E-state index in [2.05, 4.69) is 0 Å². The number of hydrogen-bond acceptors (Lipinski definition) is 4. The van der Waals surface area contributed by atoms with Crippen LogP contribution in [0.2, 0.25) is 5.02 Å². The first-order chi connectivity index (χ1) is 6.78. The molecule has 0 aliphatic carbocycles. The molecular weight excluding hydrogens is 240 g/mol. The summed E-state index contributed by atoms with van der Waals surface area (Å²) in [6, 6.07) is 2.54. The van der Waals surface area contributed by atoms with Gasteiger partial charge in [-0.3, -0.25) is 0 Å². The molecule has 3 N–H and O–H groups in total. The number of phenolic OH excluding ortho intramolecular Hbond substituents is 1. The summed E-state index contributed by atoms with van der Waals surface area (Å²) < 4.78 is 24.3. The minimum Gasteiger partial charge on any atom is -0.504 e. The second-order valence-electron chi connectivity index (χ2n) is 3.10. The number of hydrogen-bond donors (Lipinski definition) is 2. The first kappa shape index (κ1) is 12.1. The van der Waals surface area contributed by atoms with Crippen LogP contribution in [0.4, 0.5) is 5.69 Å². The minimum atomic E-state index is -3.70. The summed E-state index contributed by atoms with van der Waals surface area (Å²) >= 11 is 5.62. The zero-order chi connectivity index (χ0) is 11.8. The van der Waals surface area contributed by atoms with Gasteiger partial charge < -0.3 is 10.8 Å². The van der Waals surface area contributed by atoms with E-state index < -0.39 is 15.8 Å². The lowest BCUT2D eigenvalue weighted by molar-refractivity contribution is 0.455. The number of aromatic hydroxyl groups is 1. The molecule has 15 heavy (non-hydrogen) atoms. The third-order valence-corrected chi connectivity index (χ3v) is 4.06. The first-order valence-electron chi connectivity index (χ1n) is 3.98. The average Bonchev–Trinajstić information content (AvgIpc) is 2.13. The van der Waals surface area contributed by atoms with E-state index in [0.717, 1.165) is 4.31 Å². The second kappa shape index (κ2) is 3.88. The monoisotopic (exact) mass is 250 g/mol. The van der Waals surface area contributed by atoms with E-state index in [1.54, 1.807) is 0 Å². The summed E-state index contributed by atoms with van der Waals surface area (Å²) in [7, 11) is -0.981. The number of nitrogen functional groups attached to an aromatic ring is 1. The smallest absolute Gasteiger partial charge is 0.246 e. The van der Waals surface area contributed by atoms with Crippen LogP contribution in [0.5, 0.6) is 5.75 Å². The van der Waals surface area contributed by atoms with Crippen molar-refractivity contribution in [3.63, 3.8) is 0 Å². The van der Waals surface area contributed by atoms with Gasteiger partial charge in [0.25, 0.3) is 0 Å². The van der Waals surface area contributed by atoms with Crippen molar-refractivity contribution in [1.82, 2.24) is 4.31 Å². The molecule has 0 aliphatic heterocycles. The van der Waals surface area contributed by atoms with Crippen LogP contribution in [0.1, 0.15) is 0 Å². The number of rotatable bonds is 2. The number of anilines is 1. The Bertz CT molecular complexity index is 485. The molecule has 0 saturated carbocycles. The number of phenols is 1. The van der Waals surface area contributed by atoms with E-state index in [1.165, 1.54) is 26.2 Å². The van der Waals surface area contributed by atoms with Gasteiger partial charge in [-0.05, 0) is 12.1 Å². The molecule has 0 spiro atoms. The third kappa shape index (κ3) is 2.01. The number of halogens is 1. The highest BCUT2D eigenvalue weighted by Crippen LogP contribution is 2.35. The molecule has 1 aromatic rings. The minimum absolute atomic E-state index is 0.116. The molecule has 0 amide bonds. The van der Waals surface area contributed by atoms with Crippen molar-refractivity contribution in [2.75, 3.05) is 19.8 Å². The molecule has 7 heteroatoms. The van der Waals surface area contributed by atoms with Crippen LogP contribution < -0.4 is 5.73 Å². The predicted molar refractivity (Wildman–Crippen MR) is 58.4 cm³/mol. The molecule has 5 nitrogen and oxygen atoms in total. The number of nitrogens with zero attached hydrogens (tertiary/aromatic N) is 1. The molecule has 0 aromatic heterocycles. The fourth-order valence-electron chi connectivity index (χ4n) is 0.968. The molecule has 0 unspecified atom stereocenters. The van der Waals surface area contributed by atoms with E-state index in [1.807, 2.05) is 0 Å². The molecule has 0 atom stereocenters. The Hall–Kier alpha value is -0.980. The van der Waals surface area contributed by atoms with Crippen LogP contribution in [-0.2, 0) is 10.0 Å². The van der Waals surface area contributed by atoms with Crippen molar-refractivity contribution in [2.45, 2.75) is 4.90 Å². The van der Waals surface area contributed by atoms with Gasteiger partial charge in [-0.25, -0.2) is 12.7 Å². The molecule has 0 saturated heterocycles. The quantitative estimate of drug-likeness (QED) is 0.603. The maximum absolute atomic E-state index is 11.7. The topological polar surface area (TPSA) is 83.6 Å². The van der Waals surface area contributed by atoms with Gasteiger partial charge >= 0.3 is 0 Å². The Morgan fingerprint density at radius 2 is 1.93 bits per heavy atom. The van der Waals surface area contributed by atoms with Gasteiger partial charge in [-0.2, -0.15) is 0 Å². The Kier molecular flexibility index (Phi) is 3.13. The maximum Gasteiger partial charge on any atom is 0.246 e. The van der Waals surface area contributed by atoms with Crippen LogP contribution in [0.3, 0.4) is 0 Å². The summed E-state index contributed by atoms with van der Waals surface area (Å²) in [6.45, 7) is 0. The Labute approximate surface area is 93.1 Å². The number of benzene rings is 1. The van der Waals surface area contributed by atoms with Crippen LogP contribution in [-0.4, -0.2) is 31.9 Å². The fourth-order valence-corrected chi connectivity index (χ4v) is 2.11. The second-order valence-corrected chi connectivity index (χ2v) is 5.62. The first-order valence-corrected chi connectivity index (χ1v) is 5.79. The predicted octanol–water partition coefficient (Wildman–Crippen LogP) is 0.878. The van der Waals surface area contributed by atoms with Crippen LogP contribution in [0.15, 0.2) is 17.0 Å². The summed E-state index contributed by atoms with van der Waals surface area (Å²) in [5.74, 6) is -0.517. The third-order valence-electron chi connectivity index (χ3n) is 1.89. The average molecular weight is 251 g/mol. The van der Waals surface area contributed by atoms with Crippen molar-refractivity contribution < 1.29 is 13.5 Å². The molecule has 1 aromatic carbocycles. The highest BCUT2D eigenvalue weighted by atomic mass is 35.5. The summed E-state index contributed by atoms with van der Waals surface area (Å²) in [5, 5.41) is 9.66. The van der Waals surface area contributed by atoms with E-state index >= 15 is 0 Å². The fraction of sp³-hybridized carbons (Fsp3) is 0.250. The van der Waals surface area contributed by atoms with Crippen LogP contribution in [0.25, 0.3) is 0 Å². The highest BCUT2D eigenvalue weighted by Gasteiger charge is 2.23. The lowest BCUT2D eigenvalue weighted by atomic mass is 10.3. The van der Waals surface area contributed by atoms with Gasteiger partial charge in [0.2, 0.25) is 10.0 Å². The zero-order valence-corrected chi connectivity index (χ0v) is 9.80. The molecule has 0 heterocycles. The van der Waals surface area contributed by atoms with E-state index in [9.17, 15) is 13.5 Å². The molecule has 84 valence electrons. The van der Waals surface area contributed by atoms with Gasteiger partial charge in [0, 0.05) is 14.1 Å². The maximum atomic E-state index is 11.7. The van der Waals surface area contributed by atoms with Crippen molar-refractivity contribution >= 4 is 27.3 Å². The molecule has 0 fully saturated rings. The van der Waals surface area contributed by atoms with E-state index in [4.69, 9.17) is 17.3 Å². The van der Waals surface area contributed by atoms with Crippen molar-refractivity contribution in [3.05, 3.63) is 17.2 Å². The lowest BCUT2D eigenvalue weighted by Gasteiger charge is -2.13. The van der Waals surface area contributed by atoms with Gasteiger partial charge in [0.1, 0.15) is 4.90 Å². The highest BCUT2D eigenvalue weighted by molar-refractivity contribution is 7.89. The molecule has 0 aliphatic rings. The SMILES string of the molecule is CN(C)S(=O)(=O)c1ccc(Cl)c(N)c1O. The number of nitrogens with two attached hydrogens (primary N) is 1. The van der Waals surface area contributed by atoms with E-state index in [-0.39, 0.29) is 15.6 Å². The molecule has 1 rings (SSSR count). The van der Waals surface area contributed by atoms with E-state index in [0.29, 0.717) is 0 Å². The van der Waals surface area contributed by atoms with Gasteiger partial charge in [0.05, 0.1) is 10.7 Å². The lowest BCUT2D eigenvalue weighted by Crippen LogP contribution is -2.22. The van der Waals surface area contributed by atoms with Crippen molar-refractivity contribution in [2.24, 2.45) is 0 Å². The Balaban J connectivity index is 3.48. The Morgan fingerprint density at radius 1 is 1.40 bits per heavy atom. The normalized spacial score (nSPS) is 12.0. The largest absolute Gasteiger partial charge is 0.504 e. The van der Waals surface area contributed by atoms with Gasteiger partial charge in [-0.1, -0.05) is 11.6 Å². The summed E-state index contributed by atoms with van der Waals surface area (Å²) in [5.41, 5.74) is 5.28. The molecule has 0 radical (unpaired) electrons. The van der Waals surface area contributed by atoms with Crippen molar-refractivity contribution in [1.29, 1.82) is 0 Å². The van der Waals surface area contributed by atoms with Gasteiger partial charge in [0.15, 0.2) is 5.75 Å². The molecular formula is C8H11ClN2O3S. The zero-order valence-electron chi connectivity index (χ0n) is 8.23.